The second kappa shape index (κ2) is 6.91. The Labute approximate surface area is 150 Å². The summed E-state index contributed by atoms with van der Waals surface area (Å²) >= 11 is 2.93. The zero-order valence-corrected chi connectivity index (χ0v) is 14.7. The standard InChI is InChI=1S/C15H16BrF3N4O2/c16-13(20)10-4-21-12(3-11(10)22-7-15(17,18)19)14(24)23-5-8-1-2-9(6-23)25-8/h3-4,8-9,20H,1-2,5-7H2,(H,21,22). The predicted molar refractivity (Wildman–Crippen MR) is 88.3 cm³/mol. The van der Waals surface area contributed by atoms with E-state index in [9.17, 15) is 18.0 Å². The van der Waals surface area contributed by atoms with Crippen LogP contribution in [-0.4, -0.2) is 58.4 Å². The van der Waals surface area contributed by atoms with E-state index in [0.717, 1.165) is 12.8 Å². The molecule has 3 rings (SSSR count). The molecule has 0 spiro atoms. The van der Waals surface area contributed by atoms with Crippen molar-refractivity contribution in [3.05, 3.63) is 23.5 Å². The van der Waals surface area contributed by atoms with Crippen LogP contribution >= 0.6 is 15.9 Å². The number of nitrogens with zero attached hydrogens (tertiary/aromatic N) is 2. The Morgan fingerprint density at radius 3 is 2.60 bits per heavy atom. The molecule has 1 aromatic heterocycles. The van der Waals surface area contributed by atoms with E-state index in [1.807, 2.05) is 0 Å². The first-order valence-electron chi connectivity index (χ1n) is 7.73. The topological polar surface area (TPSA) is 78.3 Å². The molecule has 6 nitrogen and oxygen atoms in total. The lowest BCUT2D eigenvalue weighted by molar-refractivity contribution is -0.115. The molecule has 1 aromatic rings. The molecule has 0 saturated carbocycles. The lowest BCUT2D eigenvalue weighted by Gasteiger charge is -2.32. The predicted octanol–water partition coefficient (Wildman–Crippen LogP) is 2.78. The normalized spacial score (nSPS) is 22.8. The first-order chi connectivity index (χ1) is 11.7. The van der Waals surface area contributed by atoms with Gasteiger partial charge in [-0.3, -0.25) is 15.2 Å². The number of likely N-dealkylation sites (tertiary alicyclic amines) is 1. The number of anilines is 1. The van der Waals surface area contributed by atoms with Crippen molar-refractivity contribution in [1.82, 2.24) is 9.88 Å². The first kappa shape index (κ1) is 18.1. The number of amides is 1. The van der Waals surface area contributed by atoms with Crippen molar-refractivity contribution in [2.45, 2.75) is 31.2 Å². The molecule has 10 heteroatoms. The van der Waals surface area contributed by atoms with Crippen LogP contribution in [0, 0.1) is 5.41 Å². The molecule has 25 heavy (non-hydrogen) atoms. The smallest absolute Gasteiger partial charge is 0.376 e. The minimum Gasteiger partial charge on any atom is -0.376 e. The highest BCUT2D eigenvalue weighted by molar-refractivity contribution is 9.18. The van der Waals surface area contributed by atoms with Crippen molar-refractivity contribution in [3.8, 4) is 0 Å². The average molecular weight is 421 g/mol. The molecule has 2 fully saturated rings. The number of hydrogen-bond donors (Lipinski definition) is 2. The number of carbonyl (C=O) groups excluding carboxylic acids is 1. The molecule has 2 saturated heterocycles. The van der Waals surface area contributed by atoms with Crippen LogP contribution in [0.3, 0.4) is 0 Å². The van der Waals surface area contributed by atoms with Gasteiger partial charge < -0.3 is 15.0 Å². The number of ether oxygens (including phenoxy) is 1. The van der Waals surface area contributed by atoms with Crippen molar-refractivity contribution in [2.24, 2.45) is 0 Å². The third kappa shape index (κ3) is 4.30. The Kier molecular flexibility index (Phi) is 5.01. The molecule has 2 atom stereocenters. The Morgan fingerprint density at radius 2 is 2.04 bits per heavy atom. The number of fused-ring (bicyclic) bond motifs is 2. The number of halogens is 4. The highest BCUT2D eigenvalue weighted by Crippen LogP contribution is 2.28. The number of pyridine rings is 1. The van der Waals surface area contributed by atoms with E-state index >= 15 is 0 Å². The number of hydrogen-bond acceptors (Lipinski definition) is 5. The summed E-state index contributed by atoms with van der Waals surface area (Å²) in [5.74, 6) is -0.345. The Balaban J connectivity index is 1.81. The quantitative estimate of drug-likeness (QED) is 0.734. The van der Waals surface area contributed by atoms with Crippen LogP contribution in [0.25, 0.3) is 0 Å². The van der Waals surface area contributed by atoms with Gasteiger partial charge in [0.25, 0.3) is 5.91 Å². The molecule has 136 valence electrons. The summed E-state index contributed by atoms with van der Waals surface area (Å²) in [5, 5.41) is 9.82. The zero-order chi connectivity index (χ0) is 18.2. The van der Waals surface area contributed by atoms with Gasteiger partial charge in [0.1, 0.15) is 16.9 Å². The van der Waals surface area contributed by atoms with Gasteiger partial charge in [-0.2, -0.15) is 13.2 Å². The molecule has 2 bridgehead atoms. The second-order valence-corrected chi connectivity index (χ2v) is 6.86. The fourth-order valence-electron chi connectivity index (χ4n) is 3.03. The van der Waals surface area contributed by atoms with Crippen LogP contribution in [0.5, 0.6) is 0 Å². The van der Waals surface area contributed by atoms with Gasteiger partial charge >= 0.3 is 6.18 Å². The van der Waals surface area contributed by atoms with Crippen molar-refractivity contribution >= 4 is 32.1 Å². The number of carbonyl (C=O) groups is 1. The third-order valence-corrected chi connectivity index (χ3v) is 4.60. The molecule has 0 aromatic carbocycles. The number of nitrogens with one attached hydrogen (secondary N) is 2. The van der Waals surface area contributed by atoms with Gasteiger partial charge in [-0.05, 0) is 34.8 Å². The molecule has 0 aliphatic carbocycles. The molecule has 2 aliphatic heterocycles. The lowest BCUT2D eigenvalue weighted by atomic mass is 10.2. The van der Waals surface area contributed by atoms with Gasteiger partial charge in [-0.15, -0.1) is 0 Å². The number of rotatable bonds is 4. The summed E-state index contributed by atoms with van der Waals surface area (Å²) in [6.45, 7) is -0.351. The van der Waals surface area contributed by atoms with Crippen LogP contribution in [0.1, 0.15) is 28.9 Å². The SMILES string of the molecule is N=C(Br)c1cnc(C(=O)N2CC3CCC(C2)O3)cc1NCC(F)(F)F. The Bertz CT molecular complexity index is 686. The average Bonchev–Trinajstić information content (AvgIpc) is 2.89. The molecular formula is C15H16BrF3N4O2. The minimum absolute atomic E-state index is 0.0144. The fourth-order valence-corrected chi connectivity index (χ4v) is 3.35. The van der Waals surface area contributed by atoms with E-state index in [1.165, 1.54) is 12.3 Å². The van der Waals surface area contributed by atoms with Crippen LogP contribution in [0.15, 0.2) is 12.3 Å². The minimum atomic E-state index is -4.41. The molecule has 2 N–H and O–H groups in total. The summed E-state index contributed by atoms with van der Waals surface area (Å²) in [6.07, 6.45) is -1.36. The monoisotopic (exact) mass is 420 g/mol. The summed E-state index contributed by atoms with van der Waals surface area (Å²) in [7, 11) is 0. The van der Waals surface area contributed by atoms with Crippen LogP contribution in [-0.2, 0) is 4.74 Å². The van der Waals surface area contributed by atoms with Crippen molar-refractivity contribution in [2.75, 3.05) is 25.0 Å². The van der Waals surface area contributed by atoms with Gasteiger partial charge in [-0.1, -0.05) is 0 Å². The van der Waals surface area contributed by atoms with E-state index in [1.54, 1.807) is 4.90 Å². The Morgan fingerprint density at radius 1 is 1.40 bits per heavy atom. The maximum absolute atomic E-state index is 12.6. The third-order valence-electron chi connectivity index (χ3n) is 4.17. The molecule has 2 aliphatic rings. The van der Waals surface area contributed by atoms with Crippen LogP contribution in [0.4, 0.5) is 18.9 Å². The van der Waals surface area contributed by atoms with E-state index in [4.69, 9.17) is 10.1 Å². The van der Waals surface area contributed by atoms with E-state index in [0.29, 0.717) is 13.1 Å². The molecule has 2 unspecified atom stereocenters. The van der Waals surface area contributed by atoms with Gasteiger partial charge in [-0.25, -0.2) is 0 Å². The van der Waals surface area contributed by atoms with Crippen molar-refractivity contribution in [3.63, 3.8) is 0 Å². The van der Waals surface area contributed by atoms with E-state index in [2.05, 4.69) is 26.2 Å². The molecule has 0 radical (unpaired) electrons. The van der Waals surface area contributed by atoms with Gasteiger partial charge in [0.05, 0.1) is 12.2 Å². The summed E-state index contributed by atoms with van der Waals surface area (Å²) < 4.78 is 43.0. The highest BCUT2D eigenvalue weighted by atomic mass is 79.9. The lowest BCUT2D eigenvalue weighted by Crippen LogP contribution is -2.46. The molecule has 1 amide bonds. The molecular weight excluding hydrogens is 405 g/mol. The first-order valence-corrected chi connectivity index (χ1v) is 8.52. The van der Waals surface area contributed by atoms with Crippen LogP contribution in [0.2, 0.25) is 0 Å². The van der Waals surface area contributed by atoms with E-state index < -0.39 is 12.7 Å². The van der Waals surface area contributed by atoms with Crippen molar-refractivity contribution < 1.29 is 22.7 Å². The maximum atomic E-state index is 12.6. The zero-order valence-electron chi connectivity index (χ0n) is 13.1. The number of aromatic nitrogens is 1. The number of morpholine rings is 1. The molecule has 3 heterocycles. The van der Waals surface area contributed by atoms with Crippen LogP contribution < -0.4 is 5.32 Å². The summed E-state index contributed by atoms with van der Waals surface area (Å²) in [6, 6.07) is 1.26. The number of alkyl halides is 3. The van der Waals surface area contributed by atoms with Gasteiger partial charge in [0, 0.05) is 30.5 Å². The van der Waals surface area contributed by atoms with Gasteiger partial charge in [0.2, 0.25) is 0 Å². The second-order valence-electron chi connectivity index (χ2n) is 6.07. The largest absolute Gasteiger partial charge is 0.405 e. The summed E-state index contributed by atoms with van der Waals surface area (Å²) in [5.41, 5.74) is 0.236. The fraction of sp³-hybridized carbons (Fsp3) is 0.533. The summed E-state index contributed by atoms with van der Waals surface area (Å²) in [4.78, 5) is 18.3. The highest BCUT2D eigenvalue weighted by Gasteiger charge is 2.36. The van der Waals surface area contributed by atoms with E-state index in [-0.39, 0.29) is 39.7 Å². The van der Waals surface area contributed by atoms with Gasteiger partial charge in [0.15, 0.2) is 0 Å². The maximum Gasteiger partial charge on any atom is 0.405 e. The Hall–Kier alpha value is -1.68. The van der Waals surface area contributed by atoms with Crippen molar-refractivity contribution in [1.29, 1.82) is 5.41 Å².